The molecule has 7 heteroatoms. The second-order valence-corrected chi connectivity index (χ2v) is 9.16. The van der Waals surface area contributed by atoms with E-state index >= 15 is 0 Å². The molecule has 1 aromatic carbocycles. The Kier molecular flexibility index (Phi) is 5.81. The molecule has 33 heavy (non-hydrogen) atoms. The van der Waals surface area contributed by atoms with Crippen LogP contribution in [0.2, 0.25) is 0 Å². The van der Waals surface area contributed by atoms with Gasteiger partial charge in [0, 0.05) is 42.0 Å². The van der Waals surface area contributed by atoms with Crippen LogP contribution in [0.15, 0.2) is 42.9 Å². The van der Waals surface area contributed by atoms with Crippen molar-refractivity contribution in [1.82, 2.24) is 25.2 Å². The third kappa shape index (κ3) is 4.33. The van der Waals surface area contributed by atoms with Gasteiger partial charge >= 0.3 is 0 Å². The van der Waals surface area contributed by atoms with Gasteiger partial charge in [0.2, 0.25) is 5.91 Å². The topological polar surface area (TPSA) is 83.0 Å². The second kappa shape index (κ2) is 8.90. The van der Waals surface area contributed by atoms with Crippen LogP contribution in [0.1, 0.15) is 37.6 Å². The van der Waals surface area contributed by atoms with Crippen LogP contribution >= 0.6 is 0 Å². The first-order valence-corrected chi connectivity index (χ1v) is 11.6. The molecule has 1 saturated heterocycles. The molecule has 2 aliphatic rings. The maximum absolute atomic E-state index is 12.9. The van der Waals surface area contributed by atoms with Crippen molar-refractivity contribution in [2.75, 3.05) is 18.9 Å². The monoisotopic (exact) mass is 442 g/mol. The van der Waals surface area contributed by atoms with Gasteiger partial charge in [-0.15, -0.1) is 0 Å². The van der Waals surface area contributed by atoms with Crippen molar-refractivity contribution in [3.05, 3.63) is 54.3 Å². The predicted octanol–water partition coefficient (Wildman–Crippen LogP) is 3.80. The largest absolute Gasteiger partial charge is 0.381 e. The molecular weight excluding hydrogens is 412 g/mol. The van der Waals surface area contributed by atoms with Crippen LogP contribution in [-0.2, 0) is 4.79 Å². The molecule has 1 fully saturated rings. The van der Waals surface area contributed by atoms with Crippen LogP contribution in [0.5, 0.6) is 0 Å². The lowest BCUT2D eigenvalue weighted by Crippen LogP contribution is -2.55. The first kappa shape index (κ1) is 21.5. The number of nitrogens with zero attached hydrogens (tertiary/aromatic N) is 4. The number of amides is 1. The lowest BCUT2D eigenvalue weighted by molar-refractivity contribution is -0.128. The molecule has 0 spiro atoms. The van der Waals surface area contributed by atoms with Crippen molar-refractivity contribution in [3.8, 4) is 11.1 Å². The highest BCUT2D eigenvalue weighted by Crippen LogP contribution is 2.33. The van der Waals surface area contributed by atoms with Gasteiger partial charge in [-0.1, -0.05) is 18.2 Å². The number of anilines is 1. The fraction of sp³-hybridized carbons (Fsp3) is 0.385. The zero-order valence-corrected chi connectivity index (χ0v) is 19.4. The van der Waals surface area contributed by atoms with Gasteiger partial charge in [-0.2, -0.15) is 0 Å². The van der Waals surface area contributed by atoms with E-state index in [1.54, 1.807) is 0 Å². The number of likely N-dealkylation sites (tertiary alicyclic amines) is 1. The average Bonchev–Trinajstić information content (AvgIpc) is 2.81. The fourth-order valence-electron chi connectivity index (χ4n) is 4.92. The Morgan fingerprint density at radius 1 is 1.09 bits per heavy atom. The Morgan fingerprint density at radius 2 is 1.91 bits per heavy atom. The van der Waals surface area contributed by atoms with Gasteiger partial charge in [0.1, 0.15) is 5.82 Å². The first-order valence-electron chi connectivity index (χ1n) is 11.6. The normalized spacial score (nSPS) is 24.7. The smallest absolute Gasteiger partial charge is 0.237 e. The molecule has 0 radical (unpaired) electrons. The van der Waals surface area contributed by atoms with Gasteiger partial charge in [0.15, 0.2) is 0 Å². The number of hydrogen-bond donors (Lipinski definition) is 2. The fourth-order valence-corrected chi connectivity index (χ4v) is 4.92. The van der Waals surface area contributed by atoms with Crippen LogP contribution in [0, 0.1) is 6.92 Å². The van der Waals surface area contributed by atoms with Crippen LogP contribution in [0.3, 0.4) is 0 Å². The Bertz CT molecular complexity index is 1210. The number of carbonyl (C=O) groups excluding carboxylic acids is 1. The quantitative estimate of drug-likeness (QED) is 0.597. The van der Waals surface area contributed by atoms with E-state index in [0.29, 0.717) is 12.6 Å². The van der Waals surface area contributed by atoms with Gasteiger partial charge < -0.3 is 10.6 Å². The molecule has 7 nitrogen and oxygen atoms in total. The molecule has 4 bridgehead atoms. The summed E-state index contributed by atoms with van der Waals surface area (Å²) in [7, 11) is 2.05. The molecule has 3 unspecified atom stereocenters. The summed E-state index contributed by atoms with van der Waals surface area (Å²) in [5, 5.41) is 7.90. The molecule has 2 aromatic heterocycles. The molecule has 0 aliphatic carbocycles. The van der Waals surface area contributed by atoms with E-state index in [1.807, 2.05) is 32.6 Å². The van der Waals surface area contributed by atoms with Gasteiger partial charge in [0.25, 0.3) is 0 Å². The van der Waals surface area contributed by atoms with Crippen molar-refractivity contribution < 1.29 is 4.79 Å². The zero-order valence-electron chi connectivity index (χ0n) is 19.4. The molecule has 2 N–H and O–H groups in total. The number of rotatable bonds is 1. The number of hydrogen-bond acceptors (Lipinski definition) is 6. The summed E-state index contributed by atoms with van der Waals surface area (Å²) in [5.74, 6) is 0.855. The van der Waals surface area contributed by atoms with E-state index in [2.05, 4.69) is 62.8 Å². The third-order valence-corrected chi connectivity index (χ3v) is 6.89. The SMILES string of the molecule is Cc1ncc(-c2ccc3ncc4cc3c2/C=C/CCNC(=O)C2CC(CC(C)N2C)N4)cn1. The number of aromatic nitrogens is 3. The Morgan fingerprint density at radius 3 is 2.73 bits per heavy atom. The van der Waals surface area contributed by atoms with Crippen molar-refractivity contribution in [1.29, 1.82) is 0 Å². The number of carbonyl (C=O) groups is 1. The summed E-state index contributed by atoms with van der Waals surface area (Å²) in [6.07, 6.45) is 12.4. The van der Waals surface area contributed by atoms with Crippen LogP contribution in [0.4, 0.5) is 5.69 Å². The standard InChI is InChI=1S/C26H30N6O/c1-16-10-19-12-25(32(16)3)26(33)27-9-5-4-6-22-21(18-13-28-17(2)29-14-18)7-8-24-23(22)11-20(31-19)15-30-24/h4,6-8,11,13-16,19,25,31H,5,9-10,12H2,1-3H3,(H,27,33)/b6-4+. The van der Waals surface area contributed by atoms with Crippen molar-refractivity contribution in [2.24, 2.45) is 0 Å². The highest BCUT2D eigenvalue weighted by atomic mass is 16.2. The van der Waals surface area contributed by atoms with Crippen molar-refractivity contribution in [2.45, 2.75) is 51.2 Å². The van der Waals surface area contributed by atoms with E-state index in [1.165, 1.54) is 0 Å². The van der Waals surface area contributed by atoms with Gasteiger partial charge in [-0.3, -0.25) is 14.7 Å². The number of aryl methyl sites for hydroxylation is 1. The number of nitrogens with one attached hydrogen (secondary N) is 2. The Labute approximate surface area is 194 Å². The molecule has 1 amide bonds. The molecular formula is C26H30N6O. The second-order valence-electron chi connectivity index (χ2n) is 9.16. The molecule has 5 rings (SSSR count). The average molecular weight is 443 g/mol. The van der Waals surface area contributed by atoms with Gasteiger partial charge in [-0.05, 0) is 63.4 Å². The zero-order chi connectivity index (χ0) is 22.9. The maximum Gasteiger partial charge on any atom is 0.237 e. The summed E-state index contributed by atoms with van der Waals surface area (Å²) in [5.41, 5.74) is 5.07. The minimum absolute atomic E-state index is 0.104. The minimum Gasteiger partial charge on any atom is -0.381 e. The Balaban J connectivity index is 1.61. The summed E-state index contributed by atoms with van der Waals surface area (Å²) in [4.78, 5) is 28.6. The minimum atomic E-state index is -0.129. The highest BCUT2D eigenvalue weighted by Gasteiger charge is 2.35. The summed E-state index contributed by atoms with van der Waals surface area (Å²) in [6.45, 7) is 4.69. The molecule has 3 aromatic rings. The van der Waals surface area contributed by atoms with E-state index < -0.39 is 0 Å². The summed E-state index contributed by atoms with van der Waals surface area (Å²) in [6, 6.07) is 6.73. The molecule has 4 heterocycles. The third-order valence-electron chi connectivity index (χ3n) is 6.89. The molecule has 0 saturated carbocycles. The van der Waals surface area contributed by atoms with Crippen molar-refractivity contribution >= 4 is 28.6 Å². The molecule has 3 atom stereocenters. The van der Waals surface area contributed by atoms with Crippen LogP contribution in [-0.4, -0.2) is 57.5 Å². The van der Waals surface area contributed by atoms with E-state index in [9.17, 15) is 4.79 Å². The summed E-state index contributed by atoms with van der Waals surface area (Å²) >= 11 is 0. The van der Waals surface area contributed by atoms with Gasteiger partial charge in [0.05, 0.1) is 23.4 Å². The predicted molar refractivity (Wildman–Crippen MR) is 132 cm³/mol. The van der Waals surface area contributed by atoms with E-state index in [-0.39, 0.29) is 18.0 Å². The van der Waals surface area contributed by atoms with Crippen LogP contribution < -0.4 is 10.6 Å². The van der Waals surface area contributed by atoms with E-state index in [4.69, 9.17) is 4.98 Å². The highest BCUT2D eigenvalue weighted by molar-refractivity contribution is 5.96. The number of likely N-dealkylation sites (N-methyl/N-ethyl adjacent to an activating group) is 1. The number of fused-ring (bicyclic) bond motifs is 3. The number of piperidine rings is 1. The van der Waals surface area contributed by atoms with E-state index in [0.717, 1.165) is 58.4 Å². The lowest BCUT2D eigenvalue weighted by Gasteiger charge is -2.41. The van der Waals surface area contributed by atoms with Crippen molar-refractivity contribution in [3.63, 3.8) is 0 Å². The summed E-state index contributed by atoms with van der Waals surface area (Å²) < 4.78 is 0. The Hall–Kier alpha value is -3.32. The number of benzene rings is 1. The molecule has 170 valence electrons. The number of pyridine rings is 1. The lowest BCUT2D eigenvalue weighted by atomic mass is 9.91. The van der Waals surface area contributed by atoms with Crippen LogP contribution in [0.25, 0.3) is 28.1 Å². The maximum atomic E-state index is 12.9. The first-order chi connectivity index (χ1) is 16.0. The molecule has 2 aliphatic heterocycles. The van der Waals surface area contributed by atoms with Gasteiger partial charge in [-0.25, -0.2) is 9.97 Å².